The number of nitrogens with two attached hydrogens (primary N) is 1. The number of benzene rings is 1. The molecule has 0 bridgehead atoms. The smallest absolute Gasteiger partial charge is 0.0739 e. The molecule has 1 aromatic heterocycles. The van der Waals surface area contributed by atoms with Gasteiger partial charge in [-0.3, -0.25) is 4.98 Å². The van der Waals surface area contributed by atoms with Crippen LogP contribution in [-0.4, -0.2) is 19.1 Å². The van der Waals surface area contributed by atoms with E-state index in [1.807, 2.05) is 38.4 Å². The summed E-state index contributed by atoms with van der Waals surface area (Å²) < 4.78 is 0. The van der Waals surface area contributed by atoms with Crippen LogP contribution in [0.3, 0.4) is 0 Å². The highest BCUT2D eigenvalue weighted by molar-refractivity contribution is 5.79. The summed E-state index contributed by atoms with van der Waals surface area (Å²) in [7, 11) is 4.02. The van der Waals surface area contributed by atoms with Gasteiger partial charge in [-0.05, 0) is 18.2 Å². The third-order valence-electron chi connectivity index (χ3n) is 2.51. The van der Waals surface area contributed by atoms with Crippen molar-refractivity contribution in [2.24, 2.45) is 0 Å². The minimum atomic E-state index is 0.640. The van der Waals surface area contributed by atoms with Gasteiger partial charge in [0.25, 0.3) is 0 Å². The van der Waals surface area contributed by atoms with Crippen molar-refractivity contribution in [3.8, 4) is 0 Å². The third kappa shape index (κ3) is 2.47. The van der Waals surface area contributed by atoms with Crippen LogP contribution in [0, 0.1) is 0 Å². The lowest BCUT2D eigenvalue weighted by molar-refractivity contribution is 1.13. The molecule has 88 valence electrons. The summed E-state index contributed by atoms with van der Waals surface area (Å²) in [5.41, 5.74) is 9.50. The second-order valence-electron chi connectivity index (χ2n) is 4.00. The van der Waals surface area contributed by atoms with Crippen molar-refractivity contribution >= 4 is 22.7 Å². The Morgan fingerprint density at radius 3 is 2.59 bits per heavy atom. The van der Waals surface area contributed by atoms with Crippen LogP contribution in [0.15, 0.2) is 42.7 Å². The first kappa shape index (κ1) is 11.3. The van der Waals surface area contributed by atoms with Crippen molar-refractivity contribution in [1.29, 1.82) is 0 Å². The molecule has 1 heterocycles. The summed E-state index contributed by atoms with van der Waals surface area (Å²) in [6.07, 6.45) is 3.36. The van der Waals surface area contributed by atoms with Gasteiger partial charge in [0.2, 0.25) is 0 Å². The summed E-state index contributed by atoms with van der Waals surface area (Å²) in [6.45, 7) is 0. The fourth-order valence-electron chi connectivity index (χ4n) is 1.63. The van der Waals surface area contributed by atoms with Crippen molar-refractivity contribution in [1.82, 2.24) is 4.98 Å². The predicted molar refractivity (Wildman–Crippen MR) is 72.7 cm³/mol. The molecule has 17 heavy (non-hydrogen) atoms. The van der Waals surface area contributed by atoms with Crippen LogP contribution in [0.1, 0.15) is 0 Å². The molecular formula is C13H16N4. The average molecular weight is 228 g/mol. The van der Waals surface area contributed by atoms with Gasteiger partial charge < -0.3 is 16.0 Å². The molecule has 4 nitrogen and oxygen atoms in total. The fourth-order valence-corrected chi connectivity index (χ4v) is 1.63. The van der Waals surface area contributed by atoms with E-state index >= 15 is 0 Å². The molecule has 2 rings (SSSR count). The second kappa shape index (κ2) is 4.74. The molecule has 0 aliphatic carbocycles. The molecule has 0 radical (unpaired) electrons. The van der Waals surface area contributed by atoms with E-state index in [1.54, 1.807) is 12.4 Å². The number of nitrogens with one attached hydrogen (secondary N) is 1. The predicted octanol–water partition coefficient (Wildman–Crippen LogP) is 2.47. The molecule has 4 heteroatoms. The molecular weight excluding hydrogens is 212 g/mol. The van der Waals surface area contributed by atoms with Gasteiger partial charge in [0, 0.05) is 20.3 Å². The molecule has 0 fully saturated rings. The maximum Gasteiger partial charge on any atom is 0.0739 e. The number of anilines is 4. The van der Waals surface area contributed by atoms with Crippen molar-refractivity contribution in [3.63, 3.8) is 0 Å². The van der Waals surface area contributed by atoms with Gasteiger partial charge in [-0.25, -0.2) is 0 Å². The summed E-state index contributed by atoms with van der Waals surface area (Å²) in [5, 5.41) is 3.32. The lowest BCUT2D eigenvalue weighted by Gasteiger charge is -2.18. The van der Waals surface area contributed by atoms with Crippen LogP contribution in [0.5, 0.6) is 0 Å². The quantitative estimate of drug-likeness (QED) is 0.847. The number of hydrogen-bond acceptors (Lipinski definition) is 4. The summed E-state index contributed by atoms with van der Waals surface area (Å²) in [5.74, 6) is 0. The minimum Gasteiger partial charge on any atom is -0.396 e. The first-order chi connectivity index (χ1) is 8.18. The molecule has 0 aliphatic rings. The Hall–Kier alpha value is -2.23. The van der Waals surface area contributed by atoms with E-state index in [4.69, 9.17) is 5.73 Å². The summed E-state index contributed by atoms with van der Waals surface area (Å²) >= 11 is 0. The molecule has 0 unspecified atom stereocenters. The largest absolute Gasteiger partial charge is 0.396 e. The highest BCUT2D eigenvalue weighted by Gasteiger charge is 2.05. The van der Waals surface area contributed by atoms with Crippen LogP contribution < -0.4 is 16.0 Å². The van der Waals surface area contributed by atoms with Crippen LogP contribution in [0.25, 0.3) is 0 Å². The van der Waals surface area contributed by atoms with Crippen LogP contribution in [0.2, 0.25) is 0 Å². The Morgan fingerprint density at radius 2 is 1.88 bits per heavy atom. The van der Waals surface area contributed by atoms with Crippen LogP contribution in [-0.2, 0) is 0 Å². The SMILES string of the molecule is CN(C)c1ccccc1Nc1ccncc1N. The van der Waals surface area contributed by atoms with Crippen molar-refractivity contribution in [2.75, 3.05) is 30.0 Å². The molecule has 0 atom stereocenters. The monoisotopic (exact) mass is 228 g/mol. The maximum absolute atomic E-state index is 5.86. The molecule has 0 amide bonds. The first-order valence-electron chi connectivity index (χ1n) is 5.41. The van der Waals surface area contributed by atoms with Crippen molar-refractivity contribution in [3.05, 3.63) is 42.7 Å². The molecule has 0 aliphatic heterocycles. The lowest BCUT2D eigenvalue weighted by Crippen LogP contribution is -2.11. The van der Waals surface area contributed by atoms with Gasteiger partial charge in [0.15, 0.2) is 0 Å². The van der Waals surface area contributed by atoms with Crippen molar-refractivity contribution in [2.45, 2.75) is 0 Å². The molecule has 0 spiro atoms. The van der Waals surface area contributed by atoms with Crippen LogP contribution >= 0.6 is 0 Å². The average Bonchev–Trinajstić information content (AvgIpc) is 2.32. The Balaban J connectivity index is 2.34. The number of aromatic nitrogens is 1. The van der Waals surface area contributed by atoms with E-state index in [2.05, 4.69) is 21.3 Å². The van der Waals surface area contributed by atoms with E-state index in [1.165, 1.54) is 0 Å². The van der Waals surface area contributed by atoms with Gasteiger partial charge in [0.05, 0.1) is 28.9 Å². The lowest BCUT2D eigenvalue weighted by atomic mass is 10.2. The van der Waals surface area contributed by atoms with E-state index < -0.39 is 0 Å². The Morgan fingerprint density at radius 1 is 1.12 bits per heavy atom. The highest BCUT2D eigenvalue weighted by atomic mass is 15.1. The zero-order chi connectivity index (χ0) is 12.3. The van der Waals surface area contributed by atoms with E-state index in [9.17, 15) is 0 Å². The van der Waals surface area contributed by atoms with Crippen molar-refractivity contribution < 1.29 is 0 Å². The number of hydrogen-bond donors (Lipinski definition) is 2. The summed E-state index contributed by atoms with van der Waals surface area (Å²) in [4.78, 5) is 6.02. The number of nitrogens with zero attached hydrogens (tertiary/aromatic N) is 2. The minimum absolute atomic E-state index is 0.640. The highest BCUT2D eigenvalue weighted by Crippen LogP contribution is 2.28. The summed E-state index contributed by atoms with van der Waals surface area (Å²) in [6, 6.07) is 9.94. The molecule has 3 N–H and O–H groups in total. The van der Waals surface area contributed by atoms with Gasteiger partial charge in [-0.1, -0.05) is 12.1 Å². The Bertz CT molecular complexity index is 508. The topological polar surface area (TPSA) is 54.2 Å². The zero-order valence-electron chi connectivity index (χ0n) is 10.0. The second-order valence-corrected chi connectivity index (χ2v) is 4.00. The van der Waals surface area contributed by atoms with E-state index in [0.717, 1.165) is 17.1 Å². The van der Waals surface area contributed by atoms with Crippen LogP contribution in [0.4, 0.5) is 22.7 Å². The maximum atomic E-state index is 5.86. The van der Waals surface area contributed by atoms with Gasteiger partial charge in [-0.15, -0.1) is 0 Å². The Kier molecular flexibility index (Phi) is 3.14. The normalized spacial score (nSPS) is 10.0. The van der Waals surface area contributed by atoms with E-state index in [-0.39, 0.29) is 0 Å². The first-order valence-corrected chi connectivity index (χ1v) is 5.41. The molecule has 1 aromatic carbocycles. The zero-order valence-corrected chi connectivity index (χ0v) is 10.0. The Labute approximate surface area is 101 Å². The number of para-hydroxylation sites is 2. The molecule has 2 aromatic rings. The third-order valence-corrected chi connectivity index (χ3v) is 2.51. The van der Waals surface area contributed by atoms with E-state index in [0.29, 0.717) is 5.69 Å². The number of pyridine rings is 1. The fraction of sp³-hybridized carbons (Fsp3) is 0.154. The molecule has 0 saturated heterocycles. The van der Waals surface area contributed by atoms with Gasteiger partial charge in [0.1, 0.15) is 0 Å². The molecule has 0 saturated carbocycles. The number of rotatable bonds is 3. The van der Waals surface area contributed by atoms with Gasteiger partial charge in [-0.2, -0.15) is 0 Å². The van der Waals surface area contributed by atoms with Gasteiger partial charge >= 0.3 is 0 Å². The number of nitrogen functional groups attached to an aromatic ring is 1. The standard InChI is InChI=1S/C13H16N4/c1-17(2)13-6-4-3-5-12(13)16-11-7-8-15-9-10(11)14/h3-9H,14H2,1-2H3,(H,15,16).